The molecule has 0 saturated carbocycles. The van der Waals surface area contributed by atoms with E-state index in [0.29, 0.717) is 30.0 Å². The minimum absolute atomic E-state index is 0.0146. The molecule has 164 valence electrons. The number of piperidine rings is 1. The van der Waals surface area contributed by atoms with Crippen molar-refractivity contribution in [3.8, 4) is 11.5 Å². The van der Waals surface area contributed by atoms with Crippen molar-refractivity contribution in [2.45, 2.75) is 31.7 Å². The van der Waals surface area contributed by atoms with Crippen LogP contribution < -0.4 is 19.9 Å². The van der Waals surface area contributed by atoms with Gasteiger partial charge in [0.2, 0.25) is 17.5 Å². The number of anilines is 1. The first-order chi connectivity index (χ1) is 15.0. The van der Waals surface area contributed by atoms with Crippen molar-refractivity contribution >= 4 is 29.0 Å². The smallest absolute Gasteiger partial charge is 0.227 e. The van der Waals surface area contributed by atoms with Gasteiger partial charge in [-0.2, -0.15) is 4.72 Å². The Hall–Kier alpha value is -2.91. The number of rotatable bonds is 6. The maximum absolute atomic E-state index is 13.0. The maximum Gasteiger partial charge on any atom is 0.227 e. The number of carbonyl (C=O) groups excluding carboxylic acids is 1. The standard InChI is InChI=1S/C22H26N4O4S/c1-29-17-10-8-15(9-11-17)13-20(27)26-12-3-2-5-16(26)14-30-19-7-4-6-18-21(19)22(23)25-31(28)24-18/h4,6-11,16,24H,2-3,5,12-14H2,1H3,(H2,23,25). The van der Waals surface area contributed by atoms with Gasteiger partial charge in [0.25, 0.3) is 0 Å². The molecule has 1 saturated heterocycles. The number of nitrogens with two attached hydrogens (primary N) is 1. The number of amides is 1. The normalized spacial score (nSPS) is 20.3. The van der Waals surface area contributed by atoms with Crippen molar-refractivity contribution in [3.05, 3.63) is 53.6 Å². The summed E-state index contributed by atoms with van der Waals surface area (Å²) in [5, 5.41) is 0. The highest BCUT2D eigenvalue weighted by molar-refractivity contribution is 7.91. The Labute approximate surface area is 184 Å². The molecule has 1 fully saturated rings. The molecule has 2 atom stereocenters. The summed E-state index contributed by atoms with van der Waals surface area (Å²) in [5.74, 6) is 1.61. The molecule has 1 amide bonds. The minimum Gasteiger partial charge on any atom is -0.566 e. The van der Waals surface area contributed by atoms with Crippen LogP contribution in [0.2, 0.25) is 0 Å². The molecule has 2 heterocycles. The molecule has 0 radical (unpaired) electrons. The molecule has 2 unspecified atom stereocenters. The van der Waals surface area contributed by atoms with Gasteiger partial charge in [0.15, 0.2) is 5.84 Å². The number of nitrogens with zero attached hydrogens (tertiary/aromatic N) is 2. The lowest BCUT2D eigenvalue weighted by atomic mass is 10.0. The van der Waals surface area contributed by atoms with Crippen LogP contribution in [0.3, 0.4) is 0 Å². The molecule has 0 aliphatic carbocycles. The van der Waals surface area contributed by atoms with Gasteiger partial charge in [-0.25, -0.2) is 0 Å². The van der Waals surface area contributed by atoms with E-state index < -0.39 is 11.5 Å². The van der Waals surface area contributed by atoms with E-state index in [0.717, 1.165) is 37.1 Å². The molecule has 2 aliphatic rings. The quantitative estimate of drug-likeness (QED) is 0.665. The molecular formula is C22H26N4O4S. The molecule has 0 spiro atoms. The Balaban J connectivity index is 1.44. The SMILES string of the molecule is COc1ccc(CC(=O)N2CCCCC2COc2cccc3c2C(N)=N[S+]([O-])N3)cc1. The molecule has 4 rings (SSSR count). The molecule has 8 nitrogen and oxygen atoms in total. The fourth-order valence-electron chi connectivity index (χ4n) is 3.96. The number of methoxy groups -OCH3 is 1. The van der Waals surface area contributed by atoms with Gasteiger partial charge < -0.3 is 24.7 Å². The summed E-state index contributed by atoms with van der Waals surface area (Å²) in [6.07, 6.45) is 3.27. The van der Waals surface area contributed by atoms with Crippen LogP contribution in [0.4, 0.5) is 5.69 Å². The van der Waals surface area contributed by atoms with Crippen LogP contribution >= 0.6 is 0 Å². The lowest BCUT2D eigenvalue weighted by molar-refractivity contribution is -0.134. The Kier molecular flexibility index (Phi) is 6.53. The summed E-state index contributed by atoms with van der Waals surface area (Å²) in [7, 11) is 1.62. The highest BCUT2D eigenvalue weighted by Crippen LogP contribution is 2.31. The van der Waals surface area contributed by atoms with Crippen molar-refractivity contribution in [2.24, 2.45) is 10.1 Å². The number of hydrogen-bond acceptors (Lipinski definition) is 7. The van der Waals surface area contributed by atoms with E-state index in [-0.39, 0.29) is 17.8 Å². The molecule has 2 aromatic rings. The van der Waals surface area contributed by atoms with Crippen LogP contribution in [0.15, 0.2) is 46.9 Å². The van der Waals surface area contributed by atoms with Gasteiger partial charge in [0.1, 0.15) is 18.1 Å². The summed E-state index contributed by atoms with van der Waals surface area (Å²) in [6.45, 7) is 1.08. The number of nitrogens with one attached hydrogen (secondary N) is 1. The Morgan fingerprint density at radius 1 is 1.29 bits per heavy atom. The first-order valence-electron chi connectivity index (χ1n) is 10.3. The zero-order valence-corrected chi connectivity index (χ0v) is 18.2. The number of benzene rings is 2. The second-order valence-corrected chi connectivity index (χ2v) is 8.46. The van der Waals surface area contributed by atoms with Crippen molar-refractivity contribution in [1.29, 1.82) is 0 Å². The number of likely N-dealkylation sites (tertiary alicyclic amines) is 1. The third-order valence-electron chi connectivity index (χ3n) is 5.55. The molecule has 0 aromatic heterocycles. The van der Waals surface area contributed by atoms with Gasteiger partial charge in [-0.15, -0.1) is 0 Å². The predicted octanol–water partition coefficient (Wildman–Crippen LogP) is 2.41. The number of fused-ring (bicyclic) bond motifs is 1. The van der Waals surface area contributed by atoms with Crippen LogP contribution in [-0.4, -0.2) is 47.5 Å². The molecule has 31 heavy (non-hydrogen) atoms. The third kappa shape index (κ3) is 4.88. The summed E-state index contributed by atoms with van der Waals surface area (Å²) in [5.41, 5.74) is 8.18. The van der Waals surface area contributed by atoms with Crippen molar-refractivity contribution in [1.82, 2.24) is 4.90 Å². The second-order valence-electron chi connectivity index (χ2n) is 7.58. The Morgan fingerprint density at radius 2 is 2.10 bits per heavy atom. The Bertz CT molecular complexity index is 966. The zero-order chi connectivity index (χ0) is 21.8. The average molecular weight is 443 g/mol. The first kappa shape index (κ1) is 21.3. The van der Waals surface area contributed by atoms with Crippen LogP contribution in [-0.2, 0) is 22.8 Å². The molecule has 2 aromatic carbocycles. The molecule has 3 N–H and O–H groups in total. The van der Waals surface area contributed by atoms with E-state index in [1.807, 2.05) is 41.3 Å². The summed E-state index contributed by atoms with van der Waals surface area (Å²) >= 11 is -1.59. The van der Waals surface area contributed by atoms with E-state index >= 15 is 0 Å². The summed E-state index contributed by atoms with van der Waals surface area (Å²) in [6, 6.07) is 13.0. The predicted molar refractivity (Wildman–Crippen MR) is 120 cm³/mol. The van der Waals surface area contributed by atoms with Gasteiger partial charge in [-0.1, -0.05) is 18.2 Å². The van der Waals surface area contributed by atoms with E-state index in [1.54, 1.807) is 13.2 Å². The molecule has 2 aliphatic heterocycles. The monoisotopic (exact) mass is 442 g/mol. The fourth-order valence-corrected chi connectivity index (χ4v) is 4.63. The lowest BCUT2D eigenvalue weighted by Gasteiger charge is -2.36. The van der Waals surface area contributed by atoms with Crippen LogP contribution in [0.1, 0.15) is 30.4 Å². The first-order valence-corrected chi connectivity index (χ1v) is 11.4. The zero-order valence-electron chi connectivity index (χ0n) is 17.4. The lowest BCUT2D eigenvalue weighted by Crippen LogP contribution is -2.47. The van der Waals surface area contributed by atoms with Crippen LogP contribution in [0.5, 0.6) is 11.5 Å². The highest BCUT2D eigenvalue weighted by atomic mass is 32.2. The minimum atomic E-state index is -1.59. The fraction of sp³-hybridized carbons (Fsp3) is 0.364. The van der Waals surface area contributed by atoms with E-state index in [4.69, 9.17) is 15.2 Å². The van der Waals surface area contributed by atoms with Gasteiger partial charge in [0, 0.05) is 6.54 Å². The van der Waals surface area contributed by atoms with E-state index in [1.165, 1.54) is 0 Å². The van der Waals surface area contributed by atoms with Gasteiger partial charge in [0.05, 0.1) is 30.8 Å². The van der Waals surface area contributed by atoms with E-state index in [9.17, 15) is 9.35 Å². The van der Waals surface area contributed by atoms with Gasteiger partial charge in [-0.05, 0) is 53.5 Å². The number of ether oxygens (including phenoxy) is 2. The number of carbonyl (C=O) groups is 1. The highest BCUT2D eigenvalue weighted by Gasteiger charge is 2.29. The number of amidine groups is 1. The number of hydrogen-bond donors (Lipinski definition) is 2. The van der Waals surface area contributed by atoms with Gasteiger partial charge >= 0.3 is 0 Å². The largest absolute Gasteiger partial charge is 0.566 e. The Morgan fingerprint density at radius 3 is 2.87 bits per heavy atom. The van der Waals surface area contributed by atoms with Crippen LogP contribution in [0.25, 0.3) is 0 Å². The van der Waals surface area contributed by atoms with Crippen molar-refractivity contribution < 1.29 is 18.8 Å². The van der Waals surface area contributed by atoms with Crippen LogP contribution in [0, 0.1) is 0 Å². The van der Waals surface area contributed by atoms with Gasteiger partial charge in [-0.3, -0.25) is 4.79 Å². The molecule has 9 heteroatoms. The van der Waals surface area contributed by atoms with Crippen molar-refractivity contribution in [3.63, 3.8) is 0 Å². The molecule has 0 bridgehead atoms. The van der Waals surface area contributed by atoms with Crippen molar-refractivity contribution in [2.75, 3.05) is 25.0 Å². The average Bonchev–Trinajstić information content (AvgIpc) is 2.78. The summed E-state index contributed by atoms with van der Waals surface area (Å²) in [4.78, 5) is 14.9. The summed E-state index contributed by atoms with van der Waals surface area (Å²) < 4.78 is 29.6. The molecular weight excluding hydrogens is 416 g/mol. The van der Waals surface area contributed by atoms with E-state index in [2.05, 4.69) is 9.12 Å². The second kappa shape index (κ2) is 9.49. The topological polar surface area (TPSA) is 112 Å². The third-order valence-corrected chi connectivity index (χ3v) is 6.31. The maximum atomic E-state index is 13.0.